The molecular formula is C111H201N13O3. The molecule has 5 saturated carbocycles. The second kappa shape index (κ2) is 49.8. The van der Waals surface area contributed by atoms with Crippen LogP contribution >= 0.6 is 0 Å². The maximum atomic E-state index is 12.7. The molecule has 0 radical (unpaired) electrons. The fourth-order valence-electron chi connectivity index (χ4n) is 23.5. The number of aromatic nitrogens is 2. The summed E-state index contributed by atoms with van der Waals surface area (Å²) in [5.74, 6) is 9.06. The van der Waals surface area contributed by atoms with E-state index in [1.165, 1.54) is 216 Å². The minimum absolute atomic E-state index is 0.286. The quantitative estimate of drug-likeness (QED) is 0.0807. The monoisotopic (exact) mass is 1760 g/mol. The second-order valence-electron chi connectivity index (χ2n) is 47.9. The van der Waals surface area contributed by atoms with Gasteiger partial charge in [-0.2, -0.15) is 0 Å². The molecule has 6 saturated heterocycles. The first-order valence-electron chi connectivity index (χ1n) is 53.1. The summed E-state index contributed by atoms with van der Waals surface area (Å²) < 4.78 is 14.1. The molecule has 16 nitrogen and oxygen atoms in total. The molecule has 5 aliphatic carbocycles. The van der Waals surface area contributed by atoms with E-state index in [2.05, 4.69) is 334 Å². The Bertz CT molecular complexity index is 3520. The first kappa shape index (κ1) is 107. The topological polar surface area (TPSA) is 89.0 Å². The van der Waals surface area contributed by atoms with E-state index < -0.39 is 0 Å². The normalized spacial score (nSPS) is 27.3. The number of hydrogen-bond donors (Lipinski definition) is 0. The molecule has 11 aliphatic rings. The first-order chi connectivity index (χ1) is 59.8. The van der Waals surface area contributed by atoms with E-state index in [4.69, 9.17) is 9.47 Å². The molecule has 127 heavy (non-hydrogen) atoms. The first-order valence-corrected chi connectivity index (χ1v) is 53.1. The van der Waals surface area contributed by atoms with Gasteiger partial charge in [-0.05, 0) is 340 Å². The molecule has 0 spiro atoms. The van der Waals surface area contributed by atoms with Gasteiger partial charge in [0.15, 0.2) is 0 Å². The van der Waals surface area contributed by atoms with Crippen LogP contribution in [-0.2, 0) is 16.5 Å². The molecule has 6 aliphatic heterocycles. The van der Waals surface area contributed by atoms with Gasteiger partial charge in [0, 0.05) is 190 Å². The van der Waals surface area contributed by atoms with Gasteiger partial charge in [0.05, 0.1) is 36.3 Å². The lowest BCUT2D eigenvalue weighted by Gasteiger charge is -2.50. The van der Waals surface area contributed by atoms with E-state index in [9.17, 15) is 4.79 Å². The molecule has 7 heterocycles. The van der Waals surface area contributed by atoms with E-state index in [1.807, 2.05) is 6.20 Å². The van der Waals surface area contributed by atoms with Crippen molar-refractivity contribution in [2.45, 2.75) is 426 Å². The molecule has 4 unspecified atom stereocenters. The lowest BCUT2D eigenvalue weighted by atomic mass is 9.69. The summed E-state index contributed by atoms with van der Waals surface area (Å²) in [7, 11) is 4.49. The van der Waals surface area contributed by atoms with Crippen LogP contribution in [0.1, 0.15) is 340 Å². The van der Waals surface area contributed by atoms with Gasteiger partial charge in [-0.15, -0.1) is 0 Å². The summed E-state index contributed by atoms with van der Waals surface area (Å²) in [5.41, 5.74) is 7.27. The van der Waals surface area contributed by atoms with Crippen molar-refractivity contribution >= 4 is 6.03 Å². The van der Waals surface area contributed by atoms with Gasteiger partial charge < -0.3 is 43.4 Å². The molecule has 0 bridgehead atoms. The Morgan fingerprint density at radius 2 is 0.811 bits per heavy atom. The molecule has 2 amide bonds. The van der Waals surface area contributed by atoms with Crippen molar-refractivity contribution < 1.29 is 14.3 Å². The maximum Gasteiger partial charge on any atom is 0.320 e. The van der Waals surface area contributed by atoms with Crippen molar-refractivity contribution in [1.29, 1.82) is 0 Å². The molecule has 728 valence electrons. The zero-order valence-electron chi connectivity index (χ0n) is 88.5. The Kier molecular flexibility index (Phi) is 42.0. The number of carbonyl (C=O) groups excluding carboxylic acids is 1. The smallest absolute Gasteiger partial charge is 0.320 e. The number of fused-ring (bicyclic) bond motifs is 1. The van der Waals surface area contributed by atoms with Crippen molar-refractivity contribution in [2.75, 3.05) is 125 Å². The number of ether oxygens (including phenoxy) is 2. The summed E-state index contributed by atoms with van der Waals surface area (Å²) in [6.07, 6.45) is 27.3. The van der Waals surface area contributed by atoms with Crippen molar-refractivity contribution in [3.05, 3.63) is 66.1 Å². The van der Waals surface area contributed by atoms with Crippen LogP contribution in [0.3, 0.4) is 0 Å². The Morgan fingerprint density at radius 3 is 1.20 bits per heavy atom. The molecule has 3 aromatic rings. The van der Waals surface area contributed by atoms with E-state index in [-0.39, 0.29) is 6.03 Å². The van der Waals surface area contributed by atoms with Crippen LogP contribution in [0.25, 0.3) is 22.4 Å². The predicted molar refractivity (Wildman–Crippen MR) is 543 cm³/mol. The molecular weight excluding hydrogens is 1560 g/mol. The van der Waals surface area contributed by atoms with Gasteiger partial charge in [0.1, 0.15) is 5.82 Å². The van der Waals surface area contributed by atoms with Crippen LogP contribution in [0, 0.1) is 58.2 Å². The van der Waals surface area contributed by atoms with Crippen LogP contribution < -0.4 is 0 Å². The highest BCUT2D eigenvalue weighted by Gasteiger charge is 2.45. The lowest BCUT2D eigenvalue weighted by Crippen LogP contribution is -2.58. The number of imidazole rings is 1. The van der Waals surface area contributed by atoms with Crippen molar-refractivity contribution in [3.8, 4) is 22.4 Å². The van der Waals surface area contributed by atoms with Crippen LogP contribution in [-0.4, -0.2) is 291 Å². The van der Waals surface area contributed by atoms with Gasteiger partial charge in [-0.3, -0.25) is 24.5 Å². The number of piperazine rings is 2. The van der Waals surface area contributed by atoms with Crippen LogP contribution in [0.5, 0.6) is 0 Å². The van der Waals surface area contributed by atoms with Gasteiger partial charge in [0.2, 0.25) is 0 Å². The summed E-state index contributed by atoms with van der Waals surface area (Å²) in [4.78, 5) is 45.4. The average Bonchev–Trinajstić information content (AvgIpc) is 1.43. The van der Waals surface area contributed by atoms with Crippen molar-refractivity contribution in [3.63, 3.8) is 0 Å². The third-order valence-electron chi connectivity index (χ3n) is 32.8. The number of nitrogens with zero attached hydrogens (tertiary/aromatic N) is 13. The minimum Gasteiger partial charge on any atom is -0.375 e. The van der Waals surface area contributed by atoms with Gasteiger partial charge in [0.25, 0.3) is 0 Å². The second-order valence-corrected chi connectivity index (χ2v) is 47.9. The molecule has 1 aromatic heterocycles. The fourth-order valence-corrected chi connectivity index (χ4v) is 23.5. The van der Waals surface area contributed by atoms with Crippen LogP contribution in [0.2, 0.25) is 0 Å². The van der Waals surface area contributed by atoms with Crippen LogP contribution in [0.15, 0.2) is 54.7 Å². The maximum absolute atomic E-state index is 12.7. The number of carbonyl (C=O) groups is 1. The zero-order valence-corrected chi connectivity index (χ0v) is 88.5. The SMILES string of the molecule is CC(C)C1CCC(N2CCN(C(C)C)CC2)C1.CC(C)N1CCC(N(C)C2CCC(C(C)(C)C)CC2)CC1.CC(C)N1CCN(C(=O)N2CC3CN(C(C)C)CC3C2)CC1.CC(C)OC1CC(N(CC2CCC(C(C)(C)C)CC2)C(C)C)C1.CC(C)OC1CC(N(CC2CN(C(C)C)C2)C(C)C)C1.CC(C)c1ccc(-c2ccc(-c3cnc(C(C)C)n3C)cc2)cc1. The van der Waals surface area contributed by atoms with Crippen molar-refractivity contribution in [1.82, 2.24) is 63.5 Å². The third-order valence-corrected chi connectivity index (χ3v) is 32.8. The number of hydrogen-bond acceptors (Lipinski definition) is 13. The Hall–Kier alpha value is -3.52. The molecule has 4 atom stereocenters. The fraction of sp³-hybridized carbons (Fsp3) is 0.856. The highest BCUT2D eigenvalue weighted by molar-refractivity contribution is 5.75. The summed E-state index contributed by atoms with van der Waals surface area (Å²) in [6, 6.07) is 26.7. The average molecular weight is 1770 g/mol. The van der Waals surface area contributed by atoms with Gasteiger partial charge in [-0.25, -0.2) is 9.78 Å². The number of benzene rings is 2. The van der Waals surface area contributed by atoms with Gasteiger partial charge >= 0.3 is 6.03 Å². The summed E-state index contributed by atoms with van der Waals surface area (Å²) in [5, 5.41) is 0. The highest BCUT2D eigenvalue weighted by atomic mass is 16.5. The van der Waals surface area contributed by atoms with E-state index >= 15 is 0 Å². The number of rotatable bonds is 25. The van der Waals surface area contributed by atoms with Crippen LogP contribution in [0.4, 0.5) is 4.79 Å². The van der Waals surface area contributed by atoms with E-state index in [0.29, 0.717) is 89.1 Å². The Balaban J connectivity index is 0.000000173. The predicted octanol–water partition coefficient (Wildman–Crippen LogP) is 23.1. The standard InChI is InChI=1S/C22H26N2.C21H41NO.C19H38N2.C17H32N4O.C17H34N2O.C15H30N2/c1-15(2)17-6-8-18(9-7-17)19-10-12-20(13-11-19)21-14-23-22(16(3)4)24(21)5;1-15(2)22(19-12-20(13-19)23-16(3)4)14-17-8-10-18(11-9-17)21(5,6)7;1-15(2)21-13-11-18(12-14-21)20(6)17-9-7-16(8-10-17)19(3,4)5;1-13(2)18-5-7-19(8-6-18)17(22)21-11-15-9-20(14(3)4)10-16(15)12-21;1-12(2)18-9-15(10-18)11-19(13(3)4)16-7-17(8-16)20-14(5)6;1-12(2)14-5-6-15(11-14)17-9-7-16(8-10-17)13(3)4/h6-16H,1-5H3;15-20H,8-14H2,1-7H3;15-18H,7-14H2,1-6H3;13-16H,5-12H2,1-4H3;12-17H,7-11H2,1-6H3;12-15H,5-11H2,1-4H3. The Morgan fingerprint density at radius 1 is 0.409 bits per heavy atom. The Labute approximate surface area is 783 Å². The largest absolute Gasteiger partial charge is 0.375 e. The third kappa shape index (κ3) is 31.8. The summed E-state index contributed by atoms with van der Waals surface area (Å²) in [6.45, 7) is 90.1. The summed E-state index contributed by atoms with van der Waals surface area (Å²) >= 11 is 0. The molecule has 16 heteroatoms. The minimum atomic E-state index is 0.286. The van der Waals surface area contributed by atoms with E-state index in [1.54, 1.807) is 0 Å². The molecule has 0 N–H and O–H groups in total. The lowest BCUT2D eigenvalue weighted by molar-refractivity contribution is -0.0905. The number of urea groups is 1. The molecule has 11 fully saturated rings. The van der Waals surface area contributed by atoms with E-state index in [0.717, 1.165) is 123 Å². The number of amides is 2. The number of likely N-dealkylation sites (tertiary alicyclic amines) is 4. The zero-order chi connectivity index (χ0) is 93.2. The van der Waals surface area contributed by atoms with Crippen molar-refractivity contribution in [2.24, 2.45) is 65.2 Å². The number of piperidine rings is 1. The highest BCUT2D eigenvalue weighted by Crippen LogP contribution is 2.44. The molecule has 14 rings (SSSR count). The molecule has 2 aromatic carbocycles. The van der Waals surface area contributed by atoms with Gasteiger partial charge in [-0.1, -0.05) is 132 Å².